The van der Waals surface area contributed by atoms with E-state index in [1.807, 2.05) is 75.4 Å². The van der Waals surface area contributed by atoms with E-state index < -0.39 is 22.5 Å². The van der Waals surface area contributed by atoms with Crippen LogP contribution in [0.5, 0.6) is 0 Å². The summed E-state index contributed by atoms with van der Waals surface area (Å²) in [5, 5.41) is 5.97. The van der Waals surface area contributed by atoms with E-state index in [1.165, 1.54) is 0 Å². The summed E-state index contributed by atoms with van der Waals surface area (Å²) in [7, 11) is 6.62. The summed E-state index contributed by atoms with van der Waals surface area (Å²) in [4.78, 5) is 26.5. The van der Waals surface area contributed by atoms with Crippen molar-refractivity contribution in [3.63, 3.8) is 0 Å². The van der Waals surface area contributed by atoms with Gasteiger partial charge in [0.1, 0.15) is 11.6 Å². The van der Waals surface area contributed by atoms with Gasteiger partial charge in [-0.25, -0.2) is 4.79 Å². The van der Waals surface area contributed by atoms with Crippen molar-refractivity contribution in [2.45, 2.75) is 62.8 Å². The first-order chi connectivity index (χ1) is 20.4. The van der Waals surface area contributed by atoms with Crippen LogP contribution in [0.15, 0.2) is 91.0 Å². The zero-order valence-electron chi connectivity index (χ0n) is 26.8. The normalized spacial score (nSPS) is 12.8. The second-order valence-electron chi connectivity index (χ2n) is 13.0. The molecule has 43 heavy (non-hydrogen) atoms. The summed E-state index contributed by atoms with van der Waals surface area (Å²) in [6.07, 6.45) is 3.65. The van der Waals surface area contributed by atoms with Crippen LogP contribution in [0, 0.1) is 0 Å². The van der Waals surface area contributed by atoms with Crippen LogP contribution in [0.25, 0.3) is 0 Å². The Balaban J connectivity index is 1.84. The number of unbranched alkanes of at least 4 members (excludes halogenated alkanes) is 3. The molecule has 1 atom stereocenters. The van der Waals surface area contributed by atoms with Crippen molar-refractivity contribution in [3.8, 4) is 0 Å². The van der Waals surface area contributed by atoms with E-state index in [0.717, 1.165) is 53.4 Å². The van der Waals surface area contributed by atoms with Gasteiger partial charge in [-0.15, -0.1) is 11.8 Å². The van der Waals surface area contributed by atoms with Crippen molar-refractivity contribution in [1.82, 2.24) is 10.6 Å². The average molecular weight is 605 g/mol. The van der Waals surface area contributed by atoms with Crippen molar-refractivity contribution in [2.75, 3.05) is 40.0 Å². The Labute approximate surface area is 263 Å². The largest absolute Gasteiger partial charge is 0.444 e. The van der Waals surface area contributed by atoms with Gasteiger partial charge >= 0.3 is 6.09 Å². The number of hydrogen-bond acceptors (Lipinski definition) is 4. The fourth-order valence-electron chi connectivity index (χ4n) is 5.01. The van der Waals surface area contributed by atoms with Crippen LogP contribution in [0.3, 0.4) is 0 Å². The number of carbonyl (C=O) groups excluding carboxylic acids is 2. The Morgan fingerprint density at radius 1 is 0.744 bits per heavy atom. The number of nitrogens with one attached hydrogen (secondary N) is 2. The van der Waals surface area contributed by atoms with Crippen LogP contribution in [0.4, 0.5) is 4.79 Å². The second kappa shape index (κ2) is 16.0. The highest BCUT2D eigenvalue weighted by atomic mass is 32.2. The minimum Gasteiger partial charge on any atom is -0.444 e. The van der Waals surface area contributed by atoms with E-state index >= 15 is 0 Å². The number of thioether (sulfide) groups is 1. The van der Waals surface area contributed by atoms with E-state index in [2.05, 4.69) is 68.2 Å². The predicted octanol–water partition coefficient (Wildman–Crippen LogP) is 6.99. The molecule has 0 aliphatic carbocycles. The maximum Gasteiger partial charge on any atom is 0.408 e. The number of hydrogen-bond donors (Lipinski definition) is 2. The molecule has 1 unspecified atom stereocenters. The fraction of sp³-hybridized carbons (Fsp3) is 0.444. The van der Waals surface area contributed by atoms with E-state index in [0.29, 0.717) is 12.3 Å². The maximum absolute atomic E-state index is 13.6. The first-order valence-corrected chi connectivity index (χ1v) is 16.3. The Kier molecular flexibility index (Phi) is 12.7. The van der Waals surface area contributed by atoms with Gasteiger partial charge in [-0.05, 0) is 56.7 Å². The average Bonchev–Trinajstić information content (AvgIpc) is 2.96. The molecule has 0 heterocycles. The molecule has 0 fully saturated rings. The van der Waals surface area contributed by atoms with Crippen molar-refractivity contribution in [2.24, 2.45) is 0 Å². The Bertz CT molecular complexity index is 1160. The van der Waals surface area contributed by atoms with E-state index in [9.17, 15) is 9.59 Å². The van der Waals surface area contributed by atoms with Gasteiger partial charge in [0.2, 0.25) is 5.91 Å². The number of carbonyl (C=O) groups is 2. The van der Waals surface area contributed by atoms with Crippen LogP contribution in [-0.4, -0.2) is 68.1 Å². The highest BCUT2D eigenvalue weighted by Gasteiger charge is 2.38. The second-order valence-corrected chi connectivity index (χ2v) is 14.2. The number of benzene rings is 3. The first kappa shape index (κ1) is 34.2. The lowest BCUT2D eigenvalue weighted by atomic mass is 9.84. The van der Waals surface area contributed by atoms with Crippen molar-refractivity contribution in [1.29, 1.82) is 0 Å². The van der Waals surface area contributed by atoms with E-state index in [-0.39, 0.29) is 5.91 Å². The molecular weight excluding hydrogens is 554 g/mol. The summed E-state index contributed by atoms with van der Waals surface area (Å²) < 4.78 is 5.91. The van der Waals surface area contributed by atoms with Crippen LogP contribution in [0.1, 0.15) is 63.1 Å². The molecule has 232 valence electrons. The van der Waals surface area contributed by atoms with Gasteiger partial charge in [-0.3, -0.25) is 4.79 Å². The summed E-state index contributed by atoms with van der Waals surface area (Å²) in [5.41, 5.74) is 2.62. The molecule has 0 saturated carbocycles. The third-order valence-corrected chi connectivity index (χ3v) is 8.71. The monoisotopic (exact) mass is 604 g/mol. The Morgan fingerprint density at radius 3 is 1.65 bits per heavy atom. The lowest BCUT2D eigenvalue weighted by molar-refractivity contribution is -0.870. The van der Waals surface area contributed by atoms with Crippen LogP contribution in [0.2, 0.25) is 0 Å². The molecule has 6 nitrogen and oxygen atoms in total. The van der Waals surface area contributed by atoms with Crippen molar-refractivity contribution >= 4 is 23.8 Å². The molecule has 2 amide bonds. The number of amides is 2. The van der Waals surface area contributed by atoms with Crippen LogP contribution in [-0.2, 0) is 14.3 Å². The van der Waals surface area contributed by atoms with Gasteiger partial charge < -0.3 is 19.9 Å². The molecule has 0 aliphatic rings. The topological polar surface area (TPSA) is 67.4 Å². The molecule has 3 aromatic carbocycles. The minimum absolute atomic E-state index is 0.201. The van der Waals surface area contributed by atoms with E-state index in [4.69, 9.17) is 4.74 Å². The fourth-order valence-corrected chi connectivity index (χ4v) is 6.57. The van der Waals surface area contributed by atoms with Crippen molar-refractivity contribution in [3.05, 3.63) is 108 Å². The zero-order chi connectivity index (χ0) is 31.3. The summed E-state index contributed by atoms with van der Waals surface area (Å²) >= 11 is 1.64. The number of quaternary nitrogens is 1. The van der Waals surface area contributed by atoms with Crippen LogP contribution >= 0.6 is 11.8 Å². The maximum atomic E-state index is 13.6. The molecule has 0 aromatic heterocycles. The smallest absolute Gasteiger partial charge is 0.408 e. The highest BCUT2D eigenvalue weighted by Crippen LogP contribution is 2.48. The molecule has 0 radical (unpaired) electrons. The third-order valence-electron chi connectivity index (χ3n) is 7.07. The minimum atomic E-state index is -0.784. The quantitative estimate of drug-likeness (QED) is 0.112. The number of alkyl carbamates (subject to hydrolysis) is 1. The van der Waals surface area contributed by atoms with Gasteiger partial charge in [0.05, 0.1) is 32.4 Å². The van der Waals surface area contributed by atoms with Gasteiger partial charge in [0.25, 0.3) is 0 Å². The summed E-state index contributed by atoms with van der Waals surface area (Å²) in [6, 6.07) is 30.3. The molecular formula is C36H50N3O3S+. The zero-order valence-corrected chi connectivity index (χ0v) is 27.6. The first-order valence-electron chi connectivity index (χ1n) is 15.3. The van der Waals surface area contributed by atoms with Crippen LogP contribution < -0.4 is 10.6 Å². The van der Waals surface area contributed by atoms with Crippen molar-refractivity contribution < 1.29 is 18.8 Å². The molecule has 0 saturated heterocycles. The third kappa shape index (κ3) is 11.0. The predicted molar refractivity (Wildman–Crippen MR) is 179 cm³/mol. The number of nitrogens with zero attached hydrogens (tertiary/aromatic N) is 1. The van der Waals surface area contributed by atoms with Gasteiger partial charge in [-0.1, -0.05) is 97.4 Å². The van der Waals surface area contributed by atoms with Gasteiger partial charge in [-0.2, -0.15) is 0 Å². The van der Waals surface area contributed by atoms with Gasteiger partial charge in [0, 0.05) is 12.3 Å². The Morgan fingerprint density at radius 2 is 1.21 bits per heavy atom. The number of ether oxygens (including phenoxy) is 1. The molecule has 0 aliphatic heterocycles. The summed E-state index contributed by atoms with van der Waals surface area (Å²) in [6.45, 7) is 7.17. The Hall–Kier alpha value is -3.29. The highest BCUT2D eigenvalue weighted by molar-refractivity contribution is 8.00. The molecule has 3 aromatic rings. The number of rotatable bonds is 15. The molecule has 7 heteroatoms. The molecule has 3 rings (SSSR count). The molecule has 0 spiro atoms. The van der Waals surface area contributed by atoms with E-state index in [1.54, 1.807) is 11.8 Å². The molecule has 0 bridgehead atoms. The lowest BCUT2D eigenvalue weighted by Crippen LogP contribution is -2.50. The molecule has 2 N–H and O–H groups in total. The van der Waals surface area contributed by atoms with Gasteiger partial charge in [0.15, 0.2) is 0 Å². The standard InChI is InChI=1S/C36H49N3O3S/c1-35(2,3)42-34(41)38-32(33(40)37-26-18-7-8-19-27-39(4,5)6)28-43-36(29-20-12-9-13-21-29,30-22-14-10-15-23-30)31-24-16-11-17-25-31/h9-17,20-25,32H,7-8,18-19,26-28H2,1-6H3,(H-,37,38,40,41)/p+1. The SMILES string of the molecule is CC(C)(C)OC(=O)NC(CSC(c1ccccc1)(c1ccccc1)c1ccccc1)C(=O)NCCCCCC[N+](C)(C)C. The summed E-state index contributed by atoms with van der Waals surface area (Å²) in [5.74, 6) is 0.139. The lowest BCUT2D eigenvalue weighted by Gasteiger charge is -2.36.